The van der Waals surface area contributed by atoms with E-state index in [9.17, 15) is 5.11 Å². The van der Waals surface area contributed by atoms with Crippen molar-refractivity contribution in [1.82, 2.24) is 0 Å². The number of rotatable bonds is 1. The van der Waals surface area contributed by atoms with Gasteiger partial charge in [-0.3, -0.25) is 0 Å². The molecule has 0 aliphatic heterocycles. The Morgan fingerprint density at radius 3 is 2.81 bits per heavy atom. The minimum atomic E-state index is -0.376. The first-order valence-electron chi connectivity index (χ1n) is 9.50. The summed E-state index contributed by atoms with van der Waals surface area (Å²) in [4.78, 5) is 0. The molecule has 0 aromatic carbocycles. The summed E-state index contributed by atoms with van der Waals surface area (Å²) in [5, 5.41) is 11.2. The highest BCUT2D eigenvalue weighted by molar-refractivity contribution is 5.20. The van der Waals surface area contributed by atoms with Crippen LogP contribution in [0.1, 0.15) is 78.1 Å². The summed E-state index contributed by atoms with van der Waals surface area (Å²) in [7, 11) is 0. The fourth-order valence-electron chi connectivity index (χ4n) is 6.94. The fourth-order valence-corrected chi connectivity index (χ4v) is 6.94. The number of hydrogen-bond donors (Lipinski definition) is 1. The molecule has 4 aliphatic rings. The number of aliphatic hydroxyl groups is 1. The standard InChI is InChI=1S/C20H32O/c1-3-20(21)13-11-18-17-9-8-14-6-4-5-7-15(14)16(17)10-12-19(18,20)2/h8,15-18,21H,3-7,9-13H2,1-2H3/t15-,16+,17+,18+,19-,20-/m0/s1. The molecule has 4 aliphatic carbocycles. The Balaban J connectivity index is 1.65. The molecular formula is C20H32O. The van der Waals surface area contributed by atoms with Gasteiger partial charge in [0.15, 0.2) is 0 Å². The molecule has 0 aromatic heterocycles. The Labute approximate surface area is 130 Å². The van der Waals surface area contributed by atoms with Crippen LogP contribution < -0.4 is 0 Å². The summed E-state index contributed by atoms with van der Waals surface area (Å²) < 4.78 is 0. The van der Waals surface area contributed by atoms with Crippen LogP contribution >= 0.6 is 0 Å². The third-order valence-corrected chi connectivity index (χ3v) is 8.27. The summed E-state index contributed by atoms with van der Waals surface area (Å²) in [6.45, 7) is 4.62. The van der Waals surface area contributed by atoms with Crippen molar-refractivity contribution in [2.75, 3.05) is 0 Å². The van der Waals surface area contributed by atoms with Crippen molar-refractivity contribution in [1.29, 1.82) is 0 Å². The van der Waals surface area contributed by atoms with Crippen LogP contribution in [0.2, 0.25) is 0 Å². The van der Waals surface area contributed by atoms with Crippen LogP contribution in [-0.4, -0.2) is 10.7 Å². The maximum atomic E-state index is 11.2. The van der Waals surface area contributed by atoms with E-state index in [1.807, 2.05) is 5.57 Å². The molecule has 0 spiro atoms. The zero-order chi connectivity index (χ0) is 14.7. The maximum absolute atomic E-state index is 11.2. The average molecular weight is 288 g/mol. The van der Waals surface area contributed by atoms with Crippen LogP contribution in [0, 0.1) is 29.1 Å². The van der Waals surface area contributed by atoms with Crippen LogP contribution in [0.15, 0.2) is 11.6 Å². The predicted molar refractivity (Wildman–Crippen MR) is 86.9 cm³/mol. The summed E-state index contributed by atoms with van der Waals surface area (Å²) in [6.07, 6.45) is 15.6. The molecule has 0 radical (unpaired) electrons. The molecule has 3 fully saturated rings. The quantitative estimate of drug-likeness (QED) is 0.666. The van der Waals surface area contributed by atoms with Gasteiger partial charge < -0.3 is 5.11 Å². The summed E-state index contributed by atoms with van der Waals surface area (Å²) in [5.74, 6) is 3.51. The van der Waals surface area contributed by atoms with Gasteiger partial charge in [0.05, 0.1) is 5.60 Å². The van der Waals surface area contributed by atoms with Gasteiger partial charge in [-0.1, -0.05) is 31.9 Å². The first-order chi connectivity index (χ1) is 10.1. The minimum Gasteiger partial charge on any atom is -0.389 e. The molecule has 4 rings (SSSR count). The zero-order valence-corrected chi connectivity index (χ0v) is 13.9. The number of allylic oxidation sites excluding steroid dienone is 2. The first kappa shape index (κ1) is 14.3. The van der Waals surface area contributed by atoms with E-state index in [0.29, 0.717) is 0 Å². The molecule has 118 valence electrons. The molecule has 3 saturated carbocycles. The van der Waals surface area contributed by atoms with Gasteiger partial charge in [0.2, 0.25) is 0 Å². The first-order valence-corrected chi connectivity index (χ1v) is 9.50. The second kappa shape index (κ2) is 4.85. The summed E-state index contributed by atoms with van der Waals surface area (Å²) in [6, 6.07) is 0. The molecular weight excluding hydrogens is 256 g/mol. The monoisotopic (exact) mass is 288 g/mol. The minimum absolute atomic E-state index is 0.197. The number of hydrogen-bond acceptors (Lipinski definition) is 1. The van der Waals surface area contributed by atoms with Crippen molar-refractivity contribution >= 4 is 0 Å². The van der Waals surface area contributed by atoms with Gasteiger partial charge in [-0.05, 0) is 86.9 Å². The zero-order valence-electron chi connectivity index (χ0n) is 13.9. The summed E-state index contributed by atoms with van der Waals surface area (Å²) in [5.41, 5.74) is 1.64. The lowest BCUT2D eigenvalue weighted by Gasteiger charge is -2.55. The molecule has 21 heavy (non-hydrogen) atoms. The molecule has 1 N–H and O–H groups in total. The SMILES string of the molecule is CC[C@]1(O)CC[C@@H]2[C@@H]3CC=C4CCCC[C@@H]4[C@H]3CC[C@@]21C. The lowest BCUT2D eigenvalue weighted by atomic mass is 9.51. The van der Waals surface area contributed by atoms with Crippen molar-refractivity contribution in [3.05, 3.63) is 11.6 Å². The van der Waals surface area contributed by atoms with Crippen LogP contribution in [0.25, 0.3) is 0 Å². The third kappa shape index (κ3) is 1.85. The molecule has 0 saturated heterocycles. The molecule has 1 nitrogen and oxygen atoms in total. The highest BCUT2D eigenvalue weighted by Crippen LogP contribution is 2.65. The molecule has 0 bridgehead atoms. The van der Waals surface area contributed by atoms with Crippen molar-refractivity contribution in [3.63, 3.8) is 0 Å². The van der Waals surface area contributed by atoms with Crippen molar-refractivity contribution < 1.29 is 5.11 Å². The van der Waals surface area contributed by atoms with E-state index >= 15 is 0 Å². The summed E-state index contributed by atoms with van der Waals surface area (Å²) >= 11 is 0. The maximum Gasteiger partial charge on any atom is 0.0701 e. The van der Waals surface area contributed by atoms with E-state index in [2.05, 4.69) is 19.9 Å². The molecule has 1 heteroatoms. The predicted octanol–water partition coefficient (Wildman–Crippen LogP) is 5.09. The second-order valence-electron chi connectivity index (χ2n) is 8.68. The van der Waals surface area contributed by atoms with E-state index < -0.39 is 0 Å². The van der Waals surface area contributed by atoms with Gasteiger partial charge in [0, 0.05) is 0 Å². The highest BCUT2D eigenvalue weighted by atomic mass is 16.3. The Hall–Kier alpha value is -0.300. The Morgan fingerprint density at radius 2 is 2.00 bits per heavy atom. The normalized spacial score (nSPS) is 52.6. The highest BCUT2D eigenvalue weighted by Gasteiger charge is 2.61. The Bertz CT molecular complexity index is 453. The van der Waals surface area contributed by atoms with Crippen LogP contribution in [0.5, 0.6) is 0 Å². The number of fused-ring (bicyclic) bond motifs is 5. The van der Waals surface area contributed by atoms with Gasteiger partial charge in [-0.2, -0.15) is 0 Å². The van der Waals surface area contributed by atoms with E-state index in [1.54, 1.807) is 0 Å². The average Bonchev–Trinajstić information content (AvgIpc) is 2.79. The third-order valence-electron chi connectivity index (χ3n) is 8.27. The van der Waals surface area contributed by atoms with E-state index in [1.165, 1.54) is 51.4 Å². The van der Waals surface area contributed by atoms with Crippen LogP contribution in [0.3, 0.4) is 0 Å². The van der Waals surface area contributed by atoms with E-state index in [-0.39, 0.29) is 11.0 Å². The van der Waals surface area contributed by atoms with Gasteiger partial charge in [0.1, 0.15) is 0 Å². The van der Waals surface area contributed by atoms with Gasteiger partial charge in [-0.25, -0.2) is 0 Å². The fraction of sp³-hybridized carbons (Fsp3) is 0.900. The largest absolute Gasteiger partial charge is 0.389 e. The van der Waals surface area contributed by atoms with Crippen molar-refractivity contribution in [2.45, 2.75) is 83.7 Å². The van der Waals surface area contributed by atoms with Crippen LogP contribution in [-0.2, 0) is 0 Å². The molecule has 0 heterocycles. The molecule has 0 aromatic rings. The molecule has 6 atom stereocenters. The van der Waals surface area contributed by atoms with Gasteiger partial charge in [0.25, 0.3) is 0 Å². The Kier molecular flexibility index (Phi) is 3.30. The van der Waals surface area contributed by atoms with Crippen molar-refractivity contribution in [3.8, 4) is 0 Å². The molecule has 0 amide bonds. The topological polar surface area (TPSA) is 20.2 Å². The van der Waals surface area contributed by atoms with E-state index in [0.717, 1.165) is 36.5 Å². The smallest absolute Gasteiger partial charge is 0.0701 e. The van der Waals surface area contributed by atoms with E-state index in [4.69, 9.17) is 0 Å². The lowest BCUT2D eigenvalue weighted by Crippen LogP contribution is -2.52. The molecule has 0 unspecified atom stereocenters. The van der Waals surface area contributed by atoms with Gasteiger partial charge >= 0.3 is 0 Å². The van der Waals surface area contributed by atoms with Crippen molar-refractivity contribution in [2.24, 2.45) is 29.1 Å². The van der Waals surface area contributed by atoms with Gasteiger partial charge in [-0.15, -0.1) is 0 Å². The Morgan fingerprint density at radius 1 is 1.14 bits per heavy atom. The lowest BCUT2D eigenvalue weighted by molar-refractivity contribution is -0.116. The van der Waals surface area contributed by atoms with Crippen LogP contribution in [0.4, 0.5) is 0 Å². The second-order valence-corrected chi connectivity index (χ2v) is 8.68.